The summed E-state index contributed by atoms with van der Waals surface area (Å²) in [6, 6.07) is -0.398. The summed E-state index contributed by atoms with van der Waals surface area (Å²) in [7, 11) is 0. The van der Waals surface area contributed by atoms with Crippen molar-refractivity contribution >= 4 is 11.9 Å². The fourth-order valence-electron chi connectivity index (χ4n) is 0.815. The number of rotatable bonds is 2. The zero-order chi connectivity index (χ0) is 8.43. The Hall–Kier alpha value is -1.06. The number of ether oxygens (including phenoxy) is 1. The van der Waals surface area contributed by atoms with Gasteiger partial charge in [-0.05, 0) is 13.8 Å². The van der Waals surface area contributed by atoms with E-state index in [1.807, 2.05) is 0 Å². The van der Waals surface area contributed by atoms with Crippen LogP contribution in [0.15, 0.2) is 0 Å². The predicted molar refractivity (Wildman–Crippen MR) is 37.8 cm³/mol. The van der Waals surface area contributed by atoms with Crippen molar-refractivity contribution in [2.24, 2.45) is 0 Å². The van der Waals surface area contributed by atoms with E-state index in [1.54, 1.807) is 13.8 Å². The van der Waals surface area contributed by atoms with Crippen molar-refractivity contribution in [3.05, 3.63) is 0 Å². The molecule has 4 heteroatoms. The number of amides is 1. The van der Waals surface area contributed by atoms with Crippen molar-refractivity contribution in [1.29, 1.82) is 0 Å². The van der Waals surface area contributed by atoms with Gasteiger partial charge in [-0.25, -0.2) is 4.79 Å². The van der Waals surface area contributed by atoms with E-state index in [0.29, 0.717) is 0 Å². The first-order valence-electron chi connectivity index (χ1n) is 3.59. The number of hydrogen-bond donors (Lipinski definition) is 1. The molecule has 1 aliphatic rings. The number of nitrogens with one attached hydrogen (secondary N) is 1. The quantitative estimate of drug-likeness (QED) is 0.447. The Morgan fingerprint density at radius 2 is 2.27 bits per heavy atom. The average molecular weight is 157 g/mol. The molecule has 1 aliphatic heterocycles. The molecule has 1 atom stereocenters. The lowest BCUT2D eigenvalue weighted by atomic mass is 10.1. The van der Waals surface area contributed by atoms with Gasteiger partial charge in [0.15, 0.2) is 0 Å². The third-order valence-electron chi connectivity index (χ3n) is 1.36. The fraction of sp³-hybridized carbons (Fsp3) is 0.714. The second-order valence-electron chi connectivity index (χ2n) is 2.81. The lowest BCUT2D eigenvalue weighted by molar-refractivity contribution is -0.156. The third kappa shape index (κ3) is 1.93. The minimum Gasteiger partial charge on any atom is -0.461 e. The molecule has 0 aliphatic carbocycles. The first kappa shape index (κ1) is 8.04. The van der Waals surface area contributed by atoms with Crippen LogP contribution in [0.1, 0.15) is 20.3 Å². The number of esters is 1. The first-order chi connectivity index (χ1) is 5.09. The van der Waals surface area contributed by atoms with Crippen LogP contribution in [0.3, 0.4) is 0 Å². The topological polar surface area (TPSA) is 55.4 Å². The highest BCUT2D eigenvalue weighted by Gasteiger charge is 2.33. The van der Waals surface area contributed by atoms with Crippen LogP contribution in [0, 0.1) is 0 Å². The van der Waals surface area contributed by atoms with E-state index in [4.69, 9.17) is 4.74 Å². The lowest BCUT2D eigenvalue weighted by Crippen LogP contribution is -2.54. The van der Waals surface area contributed by atoms with Crippen LogP contribution in [0.5, 0.6) is 0 Å². The zero-order valence-corrected chi connectivity index (χ0v) is 6.59. The molecule has 1 rings (SSSR count). The number of hydrogen-bond acceptors (Lipinski definition) is 3. The van der Waals surface area contributed by atoms with Crippen molar-refractivity contribution in [2.75, 3.05) is 0 Å². The van der Waals surface area contributed by atoms with Crippen LogP contribution >= 0.6 is 0 Å². The largest absolute Gasteiger partial charge is 0.461 e. The average Bonchev–Trinajstić information content (AvgIpc) is 1.79. The maximum absolute atomic E-state index is 10.9. The number of β-lactam (4-membered cyclic amide) rings is 1. The van der Waals surface area contributed by atoms with Crippen molar-refractivity contribution in [1.82, 2.24) is 5.32 Å². The minimum absolute atomic E-state index is 0.0873. The predicted octanol–water partition coefficient (Wildman–Crippen LogP) is -0.173. The standard InChI is InChI=1S/C7H11NO3/c1-4(2)11-7(10)5-3-6(9)8-5/h4-5H,3H2,1-2H3,(H,8,9)/t5-/m1/s1. The van der Waals surface area contributed by atoms with Crippen LogP contribution in [0.2, 0.25) is 0 Å². The van der Waals surface area contributed by atoms with E-state index in [1.165, 1.54) is 0 Å². The van der Waals surface area contributed by atoms with Gasteiger partial charge in [0.1, 0.15) is 6.04 Å². The van der Waals surface area contributed by atoms with Gasteiger partial charge in [-0.2, -0.15) is 0 Å². The lowest BCUT2D eigenvalue weighted by Gasteiger charge is -2.25. The monoisotopic (exact) mass is 157 g/mol. The van der Waals surface area contributed by atoms with Gasteiger partial charge in [0.25, 0.3) is 0 Å². The van der Waals surface area contributed by atoms with Crippen molar-refractivity contribution < 1.29 is 14.3 Å². The summed E-state index contributed by atoms with van der Waals surface area (Å²) in [6.45, 7) is 3.55. The first-order valence-corrected chi connectivity index (χ1v) is 3.59. The highest BCUT2D eigenvalue weighted by Crippen LogP contribution is 2.06. The van der Waals surface area contributed by atoms with E-state index >= 15 is 0 Å². The molecule has 0 radical (unpaired) electrons. The minimum atomic E-state index is -0.398. The van der Waals surface area contributed by atoms with Gasteiger partial charge in [0.05, 0.1) is 12.5 Å². The smallest absolute Gasteiger partial charge is 0.329 e. The molecule has 1 saturated heterocycles. The maximum Gasteiger partial charge on any atom is 0.329 e. The normalized spacial score (nSPS) is 22.5. The van der Waals surface area contributed by atoms with Crippen molar-refractivity contribution in [2.45, 2.75) is 32.4 Å². The van der Waals surface area contributed by atoms with Gasteiger partial charge in [-0.3, -0.25) is 4.79 Å². The van der Waals surface area contributed by atoms with Gasteiger partial charge in [-0.15, -0.1) is 0 Å². The molecule has 0 bridgehead atoms. The molecule has 0 saturated carbocycles. The SMILES string of the molecule is CC(C)OC(=O)[C@H]1CC(=O)N1. The molecule has 0 aromatic heterocycles. The molecule has 4 nitrogen and oxygen atoms in total. The van der Waals surface area contributed by atoms with Gasteiger partial charge in [-0.1, -0.05) is 0 Å². The Morgan fingerprint density at radius 1 is 1.73 bits per heavy atom. The molecule has 62 valence electrons. The van der Waals surface area contributed by atoms with Gasteiger partial charge in [0, 0.05) is 0 Å². The van der Waals surface area contributed by atoms with Gasteiger partial charge >= 0.3 is 5.97 Å². The van der Waals surface area contributed by atoms with Crippen molar-refractivity contribution in [3.8, 4) is 0 Å². The maximum atomic E-state index is 10.9. The Morgan fingerprint density at radius 3 is 2.64 bits per heavy atom. The van der Waals surface area contributed by atoms with Crippen LogP contribution < -0.4 is 5.32 Å². The second kappa shape index (κ2) is 2.90. The molecule has 1 heterocycles. The summed E-state index contributed by atoms with van der Waals surface area (Å²) >= 11 is 0. The molecular formula is C7H11NO3. The summed E-state index contributed by atoms with van der Waals surface area (Å²) in [5.41, 5.74) is 0. The zero-order valence-electron chi connectivity index (χ0n) is 6.59. The van der Waals surface area contributed by atoms with Gasteiger partial charge < -0.3 is 10.1 Å². The molecule has 0 spiro atoms. The Kier molecular flexibility index (Phi) is 2.12. The summed E-state index contributed by atoms with van der Waals surface area (Å²) in [6.07, 6.45) is 0.158. The van der Waals surface area contributed by atoms with Gasteiger partial charge in [0.2, 0.25) is 5.91 Å². The Bertz CT molecular complexity index is 180. The number of carbonyl (C=O) groups is 2. The molecular weight excluding hydrogens is 146 g/mol. The van der Waals surface area contributed by atoms with E-state index in [-0.39, 0.29) is 24.4 Å². The molecule has 0 aromatic rings. The Balaban J connectivity index is 2.26. The van der Waals surface area contributed by atoms with Crippen LogP contribution in [-0.4, -0.2) is 24.0 Å². The molecule has 1 fully saturated rings. The summed E-state index contributed by atoms with van der Waals surface area (Å²) < 4.78 is 4.85. The summed E-state index contributed by atoms with van der Waals surface area (Å²) in [5.74, 6) is -0.421. The molecule has 1 amide bonds. The summed E-state index contributed by atoms with van der Waals surface area (Å²) in [5, 5.41) is 2.43. The highest BCUT2D eigenvalue weighted by molar-refractivity contribution is 5.94. The van der Waals surface area contributed by atoms with E-state index in [9.17, 15) is 9.59 Å². The molecule has 1 N–H and O–H groups in total. The van der Waals surface area contributed by atoms with E-state index in [0.717, 1.165) is 0 Å². The van der Waals surface area contributed by atoms with Crippen LogP contribution in [-0.2, 0) is 14.3 Å². The van der Waals surface area contributed by atoms with E-state index in [2.05, 4.69) is 5.32 Å². The molecule has 11 heavy (non-hydrogen) atoms. The Labute approximate surface area is 64.9 Å². The highest BCUT2D eigenvalue weighted by atomic mass is 16.5. The second-order valence-corrected chi connectivity index (χ2v) is 2.81. The fourth-order valence-corrected chi connectivity index (χ4v) is 0.815. The van der Waals surface area contributed by atoms with Crippen LogP contribution in [0.25, 0.3) is 0 Å². The molecule has 0 unspecified atom stereocenters. The van der Waals surface area contributed by atoms with E-state index < -0.39 is 6.04 Å². The summed E-state index contributed by atoms with van der Waals surface area (Å²) in [4.78, 5) is 21.3. The van der Waals surface area contributed by atoms with Crippen LogP contribution in [0.4, 0.5) is 0 Å². The number of carbonyl (C=O) groups excluding carboxylic acids is 2. The van der Waals surface area contributed by atoms with Crippen molar-refractivity contribution in [3.63, 3.8) is 0 Å². The third-order valence-corrected chi connectivity index (χ3v) is 1.36. The molecule has 0 aromatic carbocycles.